The number of thioether (sulfide) groups is 1. The van der Waals surface area contributed by atoms with Crippen molar-refractivity contribution in [3.8, 4) is 5.75 Å². The molecule has 2 heterocycles. The molecule has 0 spiro atoms. The van der Waals surface area contributed by atoms with Crippen molar-refractivity contribution in [3.63, 3.8) is 0 Å². The Balaban J connectivity index is 1.67. The third-order valence-corrected chi connectivity index (χ3v) is 6.48. The minimum atomic E-state index is -0.233. The Hall–Kier alpha value is -3.30. The van der Waals surface area contributed by atoms with Gasteiger partial charge in [0, 0.05) is 11.6 Å². The predicted molar refractivity (Wildman–Crippen MR) is 135 cm³/mol. The number of hydrogen-bond acceptors (Lipinski definition) is 6. The normalized spacial score (nSPS) is 11.1. The lowest BCUT2D eigenvalue weighted by molar-refractivity contribution is -0.113. The van der Waals surface area contributed by atoms with Crippen LogP contribution in [0.3, 0.4) is 0 Å². The SMILES string of the molecule is CCn1nc(C)c2nc(SCC(=O)Nc3ccccc3OC)n(Cc3ccc(Cl)cc3)c(=O)c21. The highest BCUT2D eigenvalue weighted by Crippen LogP contribution is 2.25. The highest BCUT2D eigenvalue weighted by molar-refractivity contribution is 7.99. The molecule has 0 atom stereocenters. The number of hydrogen-bond donors (Lipinski definition) is 1. The van der Waals surface area contributed by atoms with Crippen LogP contribution in [0, 0.1) is 6.92 Å². The number of methoxy groups -OCH3 is 1. The molecule has 0 aliphatic rings. The number of aryl methyl sites for hydroxylation is 2. The van der Waals surface area contributed by atoms with Crippen molar-refractivity contribution in [1.29, 1.82) is 0 Å². The van der Waals surface area contributed by atoms with E-state index in [9.17, 15) is 9.59 Å². The molecule has 0 saturated carbocycles. The molecule has 10 heteroatoms. The molecule has 0 saturated heterocycles. The number of para-hydroxylation sites is 2. The third-order valence-electron chi connectivity index (χ3n) is 5.25. The first-order chi connectivity index (χ1) is 16.4. The summed E-state index contributed by atoms with van der Waals surface area (Å²) in [5.41, 5.74) is 2.96. The van der Waals surface area contributed by atoms with Crippen LogP contribution in [0.2, 0.25) is 5.02 Å². The van der Waals surface area contributed by atoms with Crippen LogP contribution in [0.1, 0.15) is 18.2 Å². The second-order valence-electron chi connectivity index (χ2n) is 7.55. The van der Waals surface area contributed by atoms with Crippen molar-refractivity contribution in [2.24, 2.45) is 0 Å². The number of halogens is 1. The van der Waals surface area contributed by atoms with Crippen LogP contribution in [0.25, 0.3) is 11.0 Å². The molecule has 0 unspecified atom stereocenters. The van der Waals surface area contributed by atoms with Crippen LogP contribution >= 0.6 is 23.4 Å². The number of nitrogens with one attached hydrogen (secondary N) is 1. The van der Waals surface area contributed by atoms with Crippen molar-refractivity contribution in [2.75, 3.05) is 18.2 Å². The first-order valence-corrected chi connectivity index (χ1v) is 12.1. The minimum Gasteiger partial charge on any atom is -0.495 e. The minimum absolute atomic E-state index is 0.0670. The van der Waals surface area contributed by atoms with Crippen molar-refractivity contribution < 1.29 is 9.53 Å². The van der Waals surface area contributed by atoms with E-state index in [1.807, 2.05) is 38.1 Å². The first kappa shape index (κ1) is 23.8. The largest absolute Gasteiger partial charge is 0.495 e. The molecule has 0 bridgehead atoms. The molecule has 34 heavy (non-hydrogen) atoms. The maximum atomic E-state index is 13.5. The summed E-state index contributed by atoms with van der Waals surface area (Å²) in [5, 5.41) is 8.38. The maximum Gasteiger partial charge on any atom is 0.280 e. The number of fused-ring (bicyclic) bond motifs is 1. The Morgan fingerprint density at radius 3 is 2.62 bits per heavy atom. The molecule has 2 aromatic heterocycles. The molecule has 0 fully saturated rings. The number of amides is 1. The number of carbonyl (C=O) groups excluding carboxylic acids is 1. The average Bonchev–Trinajstić information content (AvgIpc) is 3.17. The van der Waals surface area contributed by atoms with Crippen LogP contribution in [-0.2, 0) is 17.9 Å². The lowest BCUT2D eigenvalue weighted by atomic mass is 10.2. The topological polar surface area (TPSA) is 91.0 Å². The lowest BCUT2D eigenvalue weighted by Crippen LogP contribution is -2.26. The number of rotatable bonds is 8. The molecule has 4 aromatic rings. The van der Waals surface area contributed by atoms with Crippen LogP contribution in [0.5, 0.6) is 5.75 Å². The van der Waals surface area contributed by atoms with Gasteiger partial charge in [-0.25, -0.2) is 4.98 Å². The van der Waals surface area contributed by atoms with E-state index in [-0.39, 0.29) is 17.2 Å². The number of anilines is 1. The fraction of sp³-hybridized carbons (Fsp3) is 0.250. The zero-order chi connectivity index (χ0) is 24.2. The second-order valence-corrected chi connectivity index (χ2v) is 8.93. The lowest BCUT2D eigenvalue weighted by Gasteiger charge is -2.13. The molecule has 2 aromatic carbocycles. The van der Waals surface area contributed by atoms with E-state index in [1.165, 1.54) is 11.8 Å². The van der Waals surface area contributed by atoms with E-state index in [0.717, 1.165) is 5.56 Å². The number of ether oxygens (including phenoxy) is 1. The van der Waals surface area contributed by atoms with Crippen molar-refractivity contribution in [2.45, 2.75) is 32.1 Å². The number of nitrogens with zero attached hydrogens (tertiary/aromatic N) is 4. The van der Waals surface area contributed by atoms with Gasteiger partial charge in [-0.2, -0.15) is 5.10 Å². The molecular weight excluding hydrogens is 474 g/mol. The van der Waals surface area contributed by atoms with Gasteiger partial charge in [0.1, 0.15) is 11.3 Å². The second kappa shape index (κ2) is 10.3. The van der Waals surface area contributed by atoms with Gasteiger partial charge in [0.15, 0.2) is 10.7 Å². The quantitative estimate of drug-likeness (QED) is 0.287. The van der Waals surface area contributed by atoms with Gasteiger partial charge in [-0.15, -0.1) is 0 Å². The summed E-state index contributed by atoms with van der Waals surface area (Å²) in [6, 6.07) is 14.5. The summed E-state index contributed by atoms with van der Waals surface area (Å²) in [5.74, 6) is 0.405. The number of aromatic nitrogens is 4. The van der Waals surface area contributed by atoms with Gasteiger partial charge < -0.3 is 10.1 Å². The molecule has 0 radical (unpaired) electrons. The Kier molecular flexibility index (Phi) is 7.23. The molecule has 1 N–H and O–H groups in total. The van der Waals surface area contributed by atoms with Crippen molar-refractivity contribution in [3.05, 3.63) is 75.2 Å². The first-order valence-electron chi connectivity index (χ1n) is 10.7. The van der Waals surface area contributed by atoms with E-state index < -0.39 is 0 Å². The summed E-state index contributed by atoms with van der Waals surface area (Å²) in [4.78, 5) is 31.0. The smallest absolute Gasteiger partial charge is 0.280 e. The molecule has 0 aliphatic heterocycles. The van der Waals surface area contributed by atoms with Gasteiger partial charge in [0.2, 0.25) is 5.91 Å². The molecule has 8 nitrogen and oxygen atoms in total. The highest BCUT2D eigenvalue weighted by atomic mass is 35.5. The molecular formula is C24H24ClN5O3S. The summed E-state index contributed by atoms with van der Waals surface area (Å²) >= 11 is 7.22. The fourth-order valence-electron chi connectivity index (χ4n) is 3.60. The van der Waals surface area contributed by atoms with E-state index in [2.05, 4.69) is 10.4 Å². The zero-order valence-electron chi connectivity index (χ0n) is 19.0. The predicted octanol–water partition coefficient (Wildman–Crippen LogP) is 4.36. The van der Waals surface area contributed by atoms with Gasteiger partial charge in [-0.05, 0) is 43.7 Å². The summed E-state index contributed by atoms with van der Waals surface area (Å²) in [7, 11) is 1.55. The molecule has 4 rings (SSSR count). The van der Waals surface area contributed by atoms with E-state index in [0.29, 0.717) is 51.4 Å². The van der Waals surface area contributed by atoms with Crippen molar-refractivity contribution in [1.82, 2.24) is 19.3 Å². The Morgan fingerprint density at radius 1 is 1.18 bits per heavy atom. The summed E-state index contributed by atoms with van der Waals surface area (Å²) < 4.78 is 8.55. The molecule has 176 valence electrons. The molecule has 1 amide bonds. The van der Waals surface area contributed by atoms with Crippen molar-refractivity contribution >= 4 is 46.0 Å². The Morgan fingerprint density at radius 2 is 1.91 bits per heavy atom. The third kappa shape index (κ3) is 4.95. The molecule has 0 aliphatic carbocycles. The number of carbonyl (C=O) groups is 1. The van der Waals surface area contributed by atoms with Crippen LogP contribution in [-0.4, -0.2) is 38.1 Å². The van der Waals surface area contributed by atoms with Gasteiger partial charge in [0.25, 0.3) is 5.56 Å². The maximum absolute atomic E-state index is 13.5. The summed E-state index contributed by atoms with van der Waals surface area (Å²) in [6.07, 6.45) is 0. The van der Waals surface area contributed by atoms with Gasteiger partial charge in [-0.1, -0.05) is 47.6 Å². The zero-order valence-corrected chi connectivity index (χ0v) is 20.6. The Bertz CT molecular complexity index is 1400. The van der Waals surface area contributed by atoms with Gasteiger partial charge in [-0.3, -0.25) is 18.8 Å². The van der Waals surface area contributed by atoms with E-state index in [4.69, 9.17) is 21.3 Å². The number of benzene rings is 2. The Labute approximate surface area is 205 Å². The van der Waals surface area contributed by atoms with Crippen LogP contribution in [0.4, 0.5) is 5.69 Å². The van der Waals surface area contributed by atoms with Gasteiger partial charge >= 0.3 is 0 Å². The van der Waals surface area contributed by atoms with Gasteiger partial charge in [0.05, 0.1) is 30.8 Å². The monoisotopic (exact) mass is 497 g/mol. The van der Waals surface area contributed by atoms with E-state index >= 15 is 0 Å². The van der Waals surface area contributed by atoms with Crippen LogP contribution < -0.4 is 15.6 Å². The average molecular weight is 498 g/mol. The van der Waals surface area contributed by atoms with Crippen LogP contribution in [0.15, 0.2) is 58.5 Å². The standard InChI is InChI=1S/C24H24ClN5O3S/c1-4-30-22-21(15(2)28-30)27-24(29(23(22)32)13-16-9-11-17(25)12-10-16)34-14-20(31)26-18-7-5-6-8-19(18)33-3/h5-12H,4,13-14H2,1-3H3,(H,26,31). The fourth-order valence-corrected chi connectivity index (χ4v) is 4.52. The highest BCUT2D eigenvalue weighted by Gasteiger charge is 2.19. The van der Waals surface area contributed by atoms with E-state index in [1.54, 1.807) is 40.6 Å². The summed E-state index contributed by atoms with van der Waals surface area (Å²) in [6.45, 7) is 4.60.